The lowest BCUT2D eigenvalue weighted by Gasteiger charge is -2.17. The Kier molecular flexibility index (Phi) is 5.83. The van der Waals surface area contributed by atoms with Crippen molar-refractivity contribution in [3.05, 3.63) is 87.3 Å². The number of nitrogens with zero attached hydrogens (tertiary/aromatic N) is 1. The smallest absolute Gasteiger partial charge is 0.431 e. The van der Waals surface area contributed by atoms with Crippen molar-refractivity contribution in [3.8, 4) is 22.9 Å². The number of hydrogen-bond donors (Lipinski definition) is 2. The number of alkyl halides is 3. The summed E-state index contributed by atoms with van der Waals surface area (Å²) in [4.78, 5) is 24.9. The largest absolute Gasteiger partial charge is 0.486 e. The van der Waals surface area contributed by atoms with Gasteiger partial charge < -0.3 is 15.5 Å². The van der Waals surface area contributed by atoms with E-state index in [0.29, 0.717) is 11.3 Å². The zero-order valence-corrected chi connectivity index (χ0v) is 16.2. The zero-order valence-electron chi connectivity index (χ0n) is 16.2. The summed E-state index contributed by atoms with van der Waals surface area (Å²) in [5, 5.41) is 9.00. The number of hydrogen-bond acceptors (Lipinski definition) is 4. The molecule has 0 unspecified atom stereocenters. The molecule has 3 N–H and O–H groups in total. The molecule has 6 nitrogen and oxygen atoms in total. The molecule has 0 aliphatic carbocycles. The molecule has 0 bridgehead atoms. The molecule has 1 amide bonds. The first-order valence-electron chi connectivity index (χ1n) is 9.01. The number of amides is 1. The van der Waals surface area contributed by atoms with Crippen molar-refractivity contribution in [3.63, 3.8) is 0 Å². The fourth-order valence-electron chi connectivity index (χ4n) is 3.01. The highest BCUT2D eigenvalue weighted by molar-refractivity contribution is 5.94. The molecule has 0 spiro atoms. The quantitative estimate of drug-likeness (QED) is 0.637. The van der Waals surface area contributed by atoms with Crippen LogP contribution < -0.4 is 16.0 Å². The van der Waals surface area contributed by atoms with Crippen LogP contribution in [0.5, 0.6) is 5.75 Å². The first kappa shape index (κ1) is 21.6. The van der Waals surface area contributed by atoms with Crippen LogP contribution in [0.3, 0.4) is 0 Å². The molecular weight excluding hydrogens is 411 g/mol. The van der Waals surface area contributed by atoms with Gasteiger partial charge in [-0.15, -0.1) is 0 Å². The van der Waals surface area contributed by atoms with Crippen molar-refractivity contribution in [2.45, 2.75) is 19.2 Å². The van der Waals surface area contributed by atoms with Crippen molar-refractivity contribution in [2.75, 3.05) is 0 Å². The van der Waals surface area contributed by atoms with E-state index in [9.17, 15) is 22.8 Å². The Morgan fingerprint density at radius 1 is 1.16 bits per heavy atom. The number of pyridine rings is 1. The Labute approximate surface area is 174 Å². The second kappa shape index (κ2) is 8.36. The average Bonchev–Trinajstić information content (AvgIpc) is 2.73. The van der Waals surface area contributed by atoms with Crippen molar-refractivity contribution in [2.24, 2.45) is 5.73 Å². The van der Waals surface area contributed by atoms with E-state index >= 15 is 0 Å². The number of nitrogens with one attached hydrogen (secondary N) is 1. The Hall–Kier alpha value is -4.06. The van der Waals surface area contributed by atoms with Gasteiger partial charge in [0.15, 0.2) is 0 Å². The lowest BCUT2D eigenvalue weighted by molar-refractivity contribution is -0.140. The third kappa shape index (κ3) is 4.75. The number of carbonyl (C=O) groups excluding carboxylic acids is 1. The first-order valence-corrected chi connectivity index (χ1v) is 9.01. The highest BCUT2D eigenvalue weighted by Gasteiger charge is 2.36. The maximum atomic E-state index is 13.4. The summed E-state index contributed by atoms with van der Waals surface area (Å²) in [6.07, 6.45) is -5.26. The molecule has 158 valence electrons. The number of aromatic nitrogens is 1. The van der Waals surface area contributed by atoms with Gasteiger partial charge in [0.25, 0.3) is 11.5 Å². The second-order valence-electron chi connectivity index (χ2n) is 6.68. The number of primary amides is 1. The van der Waals surface area contributed by atoms with Gasteiger partial charge in [0.1, 0.15) is 23.1 Å². The molecule has 1 heterocycles. The summed E-state index contributed by atoms with van der Waals surface area (Å²) in [6, 6.07) is 15.4. The van der Waals surface area contributed by atoms with E-state index in [1.165, 1.54) is 24.3 Å². The van der Waals surface area contributed by atoms with E-state index in [-0.39, 0.29) is 11.1 Å². The number of rotatable bonds is 5. The Bertz CT molecular complexity index is 1230. The van der Waals surface area contributed by atoms with Gasteiger partial charge in [0.05, 0.1) is 11.6 Å². The number of halogens is 3. The molecule has 0 saturated heterocycles. The van der Waals surface area contributed by atoms with Gasteiger partial charge in [0, 0.05) is 5.56 Å². The van der Waals surface area contributed by atoms with Gasteiger partial charge in [-0.25, -0.2) is 0 Å². The van der Waals surface area contributed by atoms with Crippen LogP contribution in [0, 0.1) is 11.3 Å². The molecule has 0 aliphatic rings. The number of nitriles is 1. The minimum absolute atomic E-state index is 0.109. The molecule has 0 saturated carbocycles. The molecular formula is C22H16F3N3O3. The molecule has 9 heteroatoms. The van der Waals surface area contributed by atoms with E-state index in [2.05, 4.69) is 0 Å². The highest BCUT2D eigenvalue weighted by atomic mass is 19.4. The number of aromatic amines is 1. The predicted octanol–water partition coefficient (Wildman–Crippen LogP) is 4.17. The third-order valence-electron chi connectivity index (χ3n) is 4.55. The van der Waals surface area contributed by atoms with E-state index in [0.717, 1.165) is 11.6 Å². The summed E-state index contributed by atoms with van der Waals surface area (Å²) in [5.74, 6) is -0.753. The number of ether oxygens (including phenoxy) is 1. The average molecular weight is 427 g/mol. The van der Waals surface area contributed by atoms with Crippen LogP contribution in [0.4, 0.5) is 13.2 Å². The number of nitrogens with two attached hydrogens (primary N) is 1. The van der Waals surface area contributed by atoms with Gasteiger partial charge in [0.2, 0.25) is 0 Å². The van der Waals surface area contributed by atoms with E-state index in [1.807, 2.05) is 6.07 Å². The van der Waals surface area contributed by atoms with Gasteiger partial charge in [-0.3, -0.25) is 9.59 Å². The third-order valence-corrected chi connectivity index (χ3v) is 4.55. The zero-order chi connectivity index (χ0) is 22.8. The Morgan fingerprint density at radius 2 is 1.84 bits per heavy atom. The highest BCUT2D eigenvalue weighted by Crippen LogP contribution is 2.36. The summed E-state index contributed by atoms with van der Waals surface area (Å²) >= 11 is 0. The molecule has 3 aromatic rings. The Morgan fingerprint density at radius 3 is 2.42 bits per heavy atom. The number of carbonyl (C=O) groups is 1. The lowest BCUT2D eigenvalue weighted by Crippen LogP contribution is -2.27. The number of benzene rings is 2. The summed E-state index contributed by atoms with van der Waals surface area (Å²) in [5.41, 5.74) is 2.99. The second-order valence-corrected chi connectivity index (χ2v) is 6.68. The van der Waals surface area contributed by atoms with Crippen LogP contribution in [0.1, 0.15) is 40.2 Å². The minimum Gasteiger partial charge on any atom is -0.486 e. The SMILES string of the molecule is C[C@@H](Oc1ccc(-c2cc(C(N)=O)c(=O)[nH]c2C(F)(F)F)cc1)c1cccc(C#N)c1. The molecule has 0 radical (unpaired) electrons. The van der Waals surface area contributed by atoms with Gasteiger partial charge in [-0.05, 0) is 48.4 Å². The molecule has 1 aromatic heterocycles. The minimum atomic E-state index is -4.85. The van der Waals surface area contributed by atoms with Crippen LogP contribution in [0.25, 0.3) is 11.1 Å². The molecule has 1 atom stereocenters. The fourth-order valence-corrected chi connectivity index (χ4v) is 3.01. The Balaban J connectivity index is 1.94. The van der Waals surface area contributed by atoms with Crippen LogP contribution >= 0.6 is 0 Å². The first-order chi connectivity index (χ1) is 14.6. The summed E-state index contributed by atoms with van der Waals surface area (Å²) < 4.78 is 46.0. The van der Waals surface area contributed by atoms with Crippen molar-refractivity contribution in [1.29, 1.82) is 5.26 Å². The lowest BCUT2D eigenvalue weighted by atomic mass is 10.0. The number of H-pyrrole nitrogens is 1. The topological polar surface area (TPSA) is 109 Å². The molecule has 3 rings (SSSR count). The monoisotopic (exact) mass is 427 g/mol. The van der Waals surface area contributed by atoms with Crippen LogP contribution in [0.2, 0.25) is 0 Å². The maximum absolute atomic E-state index is 13.4. The molecule has 2 aromatic carbocycles. The van der Waals surface area contributed by atoms with Crippen LogP contribution in [-0.4, -0.2) is 10.9 Å². The predicted molar refractivity (Wildman–Crippen MR) is 106 cm³/mol. The van der Waals surface area contributed by atoms with Crippen molar-refractivity contribution < 1.29 is 22.7 Å². The summed E-state index contributed by atoms with van der Waals surface area (Å²) in [6.45, 7) is 1.77. The van der Waals surface area contributed by atoms with Crippen molar-refractivity contribution >= 4 is 5.91 Å². The van der Waals surface area contributed by atoms with Gasteiger partial charge in [-0.1, -0.05) is 24.3 Å². The van der Waals surface area contributed by atoms with Crippen LogP contribution in [-0.2, 0) is 6.18 Å². The normalized spacial score (nSPS) is 12.1. The van der Waals surface area contributed by atoms with Crippen LogP contribution in [0.15, 0.2) is 59.4 Å². The molecule has 0 aliphatic heterocycles. The van der Waals surface area contributed by atoms with Crippen molar-refractivity contribution in [1.82, 2.24) is 4.98 Å². The van der Waals surface area contributed by atoms with E-state index in [1.54, 1.807) is 36.2 Å². The standard InChI is InChI=1S/C22H16F3N3O3/c1-12(15-4-2-3-13(9-15)11-26)31-16-7-5-14(6-8-16)17-10-18(20(27)29)21(30)28-19(17)22(23,24)25/h2-10,12H,1H3,(H2,27,29)(H,28,30)/t12-/m1/s1. The fraction of sp³-hybridized carbons (Fsp3) is 0.136. The maximum Gasteiger partial charge on any atom is 0.431 e. The molecule has 0 fully saturated rings. The summed E-state index contributed by atoms with van der Waals surface area (Å²) in [7, 11) is 0. The van der Waals surface area contributed by atoms with E-state index < -0.39 is 35.0 Å². The van der Waals surface area contributed by atoms with Gasteiger partial charge in [-0.2, -0.15) is 18.4 Å². The van der Waals surface area contributed by atoms with Gasteiger partial charge >= 0.3 is 6.18 Å². The van der Waals surface area contributed by atoms with E-state index in [4.69, 9.17) is 15.7 Å². The molecule has 31 heavy (non-hydrogen) atoms.